The summed E-state index contributed by atoms with van der Waals surface area (Å²) in [6.07, 6.45) is 6.13. The van der Waals surface area contributed by atoms with Crippen LogP contribution >= 0.6 is 0 Å². The molecule has 3 saturated heterocycles. The van der Waals surface area contributed by atoms with Crippen LogP contribution in [0.5, 0.6) is 0 Å². The van der Waals surface area contributed by atoms with E-state index >= 15 is 0 Å². The number of morpholine rings is 1. The average Bonchev–Trinajstić information content (AvgIpc) is 3.47. The van der Waals surface area contributed by atoms with Crippen LogP contribution in [0.2, 0.25) is 0 Å². The number of amides is 5. The molecule has 0 unspecified atom stereocenters. The Morgan fingerprint density at radius 2 is 1.32 bits per heavy atom. The lowest BCUT2D eigenvalue weighted by molar-refractivity contribution is -0.131. The Morgan fingerprint density at radius 1 is 0.747 bits per heavy atom. The molecule has 4 heterocycles. The van der Waals surface area contributed by atoms with Gasteiger partial charge in [-0.2, -0.15) is 15.0 Å². The zero-order chi connectivity index (χ0) is 57.9. The number of unbranched alkanes of at least 4 members (excludes halogenated alkanes) is 1. The molecule has 0 atom stereocenters. The Labute approximate surface area is 464 Å². The van der Waals surface area contributed by atoms with Crippen LogP contribution in [0.4, 0.5) is 52.6 Å². The molecule has 3 aliphatic heterocycles. The van der Waals surface area contributed by atoms with Gasteiger partial charge in [0, 0.05) is 95.0 Å². The number of piperidine rings is 1. The van der Waals surface area contributed by atoms with Crippen LogP contribution in [0.3, 0.4) is 0 Å². The maximum Gasteiger partial charge on any atom is 0.323 e. The molecule has 18 nitrogen and oxygen atoms in total. The fourth-order valence-electron chi connectivity index (χ4n) is 8.17. The Kier molecular flexibility index (Phi) is 27.5. The normalized spacial score (nSPS) is 14.2. The number of hydrogen-bond donors (Lipinski definition) is 4. The largest absolute Gasteiger partial charge is 0.382 e. The minimum Gasteiger partial charge on any atom is -0.382 e. The van der Waals surface area contributed by atoms with Crippen molar-refractivity contribution in [2.75, 3.05) is 119 Å². The minimum atomic E-state index is -1.29. The number of rotatable bonds is 15. The summed E-state index contributed by atoms with van der Waals surface area (Å²) in [5.41, 5.74) is 8.26. The van der Waals surface area contributed by atoms with E-state index in [0.717, 1.165) is 74.5 Å². The van der Waals surface area contributed by atoms with Gasteiger partial charge in [0.05, 0.1) is 30.2 Å². The molecule has 0 saturated carbocycles. The second-order valence-electron chi connectivity index (χ2n) is 18.7. The van der Waals surface area contributed by atoms with Crippen molar-refractivity contribution in [1.82, 2.24) is 29.7 Å². The molecule has 0 bridgehead atoms. The molecule has 5 amide bonds. The lowest BCUT2D eigenvalue weighted by atomic mass is 10.1. The van der Waals surface area contributed by atoms with Gasteiger partial charge in [-0.3, -0.25) is 14.4 Å². The molecule has 0 aliphatic carbocycles. The third-order valence-electron chi connectivity index (χ3n) is 12.8. The predicted octanol–water partition coefficient (Wildman–Crippen LogP) is 9.66. The molecular formula is C58H81F3N12O6. The number of nitrogens with two attached hydrogens (primary N) is 1. The van der Waals surface area contributed by atoms with E-state index in [2.05, 4.69) is 51.7 Å². The fourth-order valence-corrected chi connectivity index (χ4v) is 8.17. The average molecular weight is 1100 g/mol. The smallest absolute Gasteiger partial charge is 0.323 e. The van der Waals surface area contributed by atoms with Crippen LogP contribution in [-0.2, 0) is 19.1 Å². The van der Waals surface area contributed by atoms with E-state index < -0.39 is 29.0 Å². The number of likely N-dealkylation sites (tertiary alicyclic amines) is 1. The number of carbonyl (C=O) groups is 4. The van der Waals surface area contributed by atoms with Crippen molar-refractivity contribution in [3.8, 4) is 11.4 Å². The molecule has 8 rings (SSSR count). The number of carbonyl (C=O) groups excluding carboxylic acids is 4. The lowest BCUT2D eigenvalue weighted by Gasteiger charge is -2.35. The Bertz CT molecular complexity index is 2660. The van der Waals surface area contributed by atoms with Gasteiger partial charge in [-0.15, -0.1) is 0 Å². The highest BCUT2D eigenvalue weighted by atomic mass is 19.2. The van der Waals surface area contributed by atoms with E-state index in [9.17, 15) is 32.3 Å². The topological polar surface area (TPSA) is 204 Å². The maximum atomic E-state index is 13.8. The van der Waals surface area contributed by atoms with E-state index in [1.807, 2.05) is 92.9 Å². The molecule has 430 valence electrons. The second kappa shape index (κ2) is 33.8. The van der Waals surface area contributed by atoms with Crippen LogP contribution in [0.15, 0.2) is 78.9 Å². The van der Waals surface area contributed by atoms with Gasteiger partial charge in [0.15, 0.2) is 17.5 Å². The lowest BCUT2D eigenvalue weighted by Crippen LogP contribution is -2.49. The molecule has 4 aromatic carbocycles. The number of hydrogen-bond acceptors (Lipinski definition) is 13. The number of anilines is 6. The number of nitrogens with one attached hydrogen (secondary N) is 3. The van der Waals surface area contributed by atoms with E-state index in [-0.39, 0.29) is 23.2 Å². The number of aryl methyl sites for hydroxylation is 2. The summed E-state index contributed by atoms with van der Waals surface area (Å²) in [4.78, 5) is 70.7. The highest BCUT2D eigenvalue weighted by molar-refractivity contribution is 6.00. The summed E-state index contributed by atoms with van der Waals surface area (Å²) in [6.45, 7) is 22.7. The van der Waals surface area contributed by atoms with Crippen molar-refractivity contribution in [3.05, 3.63) is 113 Å². The highest BCUT2D eigenvalue weighted by Crippen LogP contribution is 2.29. The molecular weight excluding hydrogens is 1020 g/mol. The van der Waals surface area contributed by atoms with Crippen molar-refractivity contribution in [1.29, 1.82) is 0 Å². The number of nitrogens with zero attached hydrogens (tertiary/aromatic N) is 8. The van der Waals surface area contributed by atoms with E-state index in [1.54, 1.807) is 13.0 Å². The van der Waals surface area contributed by atoms with Crippen LogP contribution in [0.1, 0.15) is 88.2 Å². The number of piperazine rings is 1. The van der Waals surface area contributed by atoms with Gasteiger partial charge in [0.25, 0.3) is 5.91 Å². The fraction of sp³-hybridized carbons (Fsp3) is 0.466. The van der Waals surface area contributed by atoms with Crippen molar-refractivity contribution in [2.24, 2.45) is 5.73 Å². The first kappa shape index (κ1) is 64.2. The standard InChI is InChI=1S/C28H34N8O3.C14H11F3N2O.C8H16N2O.C6H14O.C2H6/c1-3-24(37)34-12-14-35(15-13-34)26-31-25(32-27(33-26)36-16-18-39-19-17-36)21-6-10-23(11-7-21)30-28(38)29-22-8-4-20(2)5-9-22;1-7-2-5-11(10(16)6-7)19-13-8(14(18)20)3-4-9(15)12(13)17;1-9(2)8-3-5-10(7-11)6-4-8;1-3-5-6-7-4-2;1-2/h4-11H,3,12-19H2,1-2H3,(H2,29,30,38);2-6,19H,1H3,(H2,18,20);7-8H,3-6H2,1-2H3;3-6H2,1-2H3;1-2H3. The number of primary amides is 1. The van der Waals surface area contributed by atoms with Gasteiger partial charge in [0.1, 0.15) is 5.82 Å². The summed E-state index contributed by atoms with van der Waals surface area (Å²) in [5.74, 6) is -2.10. The number of aromatic nitrogens is 3. The van der Waals surface area contributed by atoms with Crippen LogP contribution in [0.25, 0.3) is 11.4 Å². The van der Waals surface area contributed by atoms with Crippen molar-refractivity contribution >= 4 is 58.9 Å². The molecule has 1 aromatic heterocycles. The van der Waals surface area contributed by atoms with Gasteiger partial charge in [-0.1, -0.05) is 57.9 Å². The first-order valence-corrected chi connectivity index (χ1v) is 27.1. The number of benzene rings is 4. The molecule has 3 fully saturated rings. The quantitative estimate of drug-likeness (QED) is 0.0570. The Hall–Kier alpha value is -7.36. The Morgan fingerprint density at radius 3 is 1.84 bits per heavy atom. The van der Waals surface area contributed by atoms with Crippen LogP contribution < -0.4 is 31.5 Å². The maximum absolute atomic E-state index is 13.8. The van der Waals surface area contributed by atoms with Gasteiger partial charge < -0.3 is 55.7 Å². The number of urea groups is 1. The van der Waals surface area contributed by atoms with Crippen molar-refractivity contribution in [3.63, 3.8) is 0 Å². The number of ether oxygens (including phenoxy) is 2. The molecule has 0 spiro atoms. The third kappa shape index (κ3) is 20.8. The first-order chi connectivity index (χ1) is 38.0. The van der Waals surface area contributed by atoms with E-state index in [1.165, 1.54) is 25.0 Å². The van der Waals surface area contributed by atoms with E-state index in [4.69, 9.17) is 30.2 Å². The molecule has 21 heteroatoms. The highest BCUT2D eigenvalue weighted by Gasteiger charge is 2.25. The van der Waals surface area contributed by atoms with E-state index in [0.29, 0.717) is 93.9 Å². The summed E-state index contributed by atoms with van der Waals surface area (Å²) >= 11 is 0. The molecule has 3 aliphatic rings. The first-order valence-electron chi connectivity index (χ1n) is 27.1. The minimum absolute atomic E-state index is 0.0809. The summed E-state index contributed by atoms with van der Waals surface area (Å²) in [5, 5.41) is 8.07. The van der Waals surface area contributed by atoms with Crippen molar-refractivity contribution in [2.45, 2.75) is 86.6 Å². The van der Waals surface area contributed by atoms with Crippen LogP contribution in [-0.4, -0.2) is 153 Å². The van der Waals surface area contributed by atoms with Crippen LogP contribution in [0, 0.1) is 31.3 Å². The second-order valence-corrected chi connectivity index (χ2v) is 18.7. The predicted molar refractivity (Wildman–Crippen MR) is 308 cm³/mol. The zero-order valence-electron chi connectivity index (χ0n) is 47.4. The van der Waals surface area contributed by atoms with Gasteiger partial charge in [-0.05, 0) is 120 Å². The molecule has 0 radical (unpaired) electrons. The number of halogens is 3. The van der Waals surface area contributed by atoms with Gasteiger partial charge >= 0.3 is 6.03 Å². The zero-order valence-corrected chi connectivity index (χ0v) is 47.4. The van der Waals surface area contributed by atoms with Gasteiger partial charge in [-0.25, -0.2) is 18.0 Å². The molecule has 79 heavy (non-hydrogen) atoms. The van der Waals surface area contributed by atoms with Gasteiger partial charge in [0.2, 0.25) is 24.2 Å². The molecule has 5 N–H and O–H groups in total. The summed E-state index contributed by atoms with van der Waals surface area (Å²) < 4.78 is 51.3. The van der Waals surface area contributed by atoms with Crippen molar-refractivity contribution < 1.29 is 41.8 Å². The summed E-state index contributed by atoms with van der Waals surface area (Å²) in [7, 11) is 4.20. The monoisotopic (exact) mass is 1100 g/mol. The Balaban J connectivity index is 0.000000277. The summed E-state index contributed by atoms with van der Waals surface area (Å²) in [6, 6.07) is 21.4. The third-order valence-corrected chi connectivity index (χ3v) is 12.8. The molecule has 5 aromatic rings. The SMILES string of the molecule is CC.CCC(=O)N1CCN(c2nc(-c3ccc(NC(=O)Nc4ccc(C)cc4)cc3)nc(N3CCOCC3)n2)CC1.CCCCOCC.CN(C)C1CCN(C=O)CC1.Cc1ccc(Nc2c(C(N)=O)ccc(F)c2F)c(F)c1.